The van der Waals surface area contributed by atoms with Crippen LogP contribution in [0.1, 0.15) is 18.4 Å². The highest BCUT2D eigenvalue weighted by Gasteiger charge is 2.33. The number of rotatable bonds is 4. The second kappa shape index (κ2) is 10.3. The van der Waals surface area contributed by atoms with Crippen LogP contribution in [0.4, 0.5) is 29.2 Å². The molecule has 2 aliphatic heterocycles. The third-order valence-electron chi connectivity index (χ3n) is 6.88. The first-order chi connectivity index (χ1) is 17.8. The Morgan fingerprint density at radius 3 is 2.19 bits per heavy atom. The normalized spacial score (nSPS) is 18.7. The van der Waals surface area contributed by atoms with E-state index in [0.717, 1.165) is 37.2 Å². The summed E-state index contributed by atoms with van der Waals surface area (Å²) in [5, 5.41) is 8.63. The van der Waals surface area contributed by atoms with Gasteiger partial charge in [-0.25, -0.2) is 9.37 Å². The first-order valence-electron chi connectivity index (χ1n) is 12.2. The summed E-state index contributed by atoms with van der Waals surface area (Å²) >= 11 is 0. The molecule has 37 heavy (non-hydrogen) atoms. The number of piperazine rings is 1. The topological polar surface area (TPSA) is 65.5 Å². The molecule has 1 unspecified atom stereocenters. The van der Waals surface area contributed by atoms with Crippen LogP contribution in [0.25, 0.3) is 11.3 Å². The van der Waals surface area contributed by atoms with Crippen LogP contribution >= 0.6 is 0 Å². The first-order valence-corrected chi connectivity index (χ1v) is 12.2. The number of anilines is 2. The number of benzene rings is 1. The maximum atomic E-state index is 13.3. The van der Waals surface area contributed by atoms with Crippen LogP contribution in [0.2, 0.25) is 0 Å². The van der Waals surface area contributed by atoms with Crippen LogP contribution in [0.5, 0.6) is 0 Å². The van der Waals surface area contributed by atoms with E-state index in [1.165, 1.54) is 18.2 Å². The van der Waals surface area contributed by atoms with Gasteiger partial charge in [0.05, 0.1) is 17.2 Å². The van der Waals surface area contributed by atoms with E-state index in [4.69, 9.17) is 0 Å². The van der Waals surface area contributed by atoms with Gasteiger partial charge in [0.2, 0.25) is 5.91 Å². The molecule has 0 spiro atoms. The second-order valence-electron chi connectivity index (χ2n) is 9.28. The number of hydrogen-bond donors (Lipinski definition) is 0. The Labute approximate surface area is 211 Å². The van der Waals surface area contributed by atoms with Gasteiger partial charge in [-0.1, -0.05) is 0 Å². The smallest absolute Gasteiger partial charge is 0.354 e. The molecule has 0 radical (unpaired) electrons. The number of alkyl halides is 3. The third-order valence-corrected chi connectivity index (χ3v) is 6.88. The number of nitrogens with zero attached hydrogens (tertiary/aromatic N) is 6. The number of pyridine rings is 1. The van der Waals surface area contributed by atoms with Gasteiger partial charge in [-0.2, -0.15) is 13.2 Å². The molecule has 2 fully saturated rings. The van der Waals surface area contributed by atoms with Crippen molar-refractivity contribution in [2.45, 2.75) is 19.0 Å². The Hall–Kier alpha value is -3.76. The van der Waals surface area contributed by atoms with Gasteiger partial charge in [0.15, 0.2) is 5.82 Å². The number of amides is 1. The number of carbonyl (C=O) groups is 1. The average molecular weight is 515 g/mol. The van der Waals surface area contributed by atoms with Crippen LogP contribution in [-0.4, -0.2) is 65.3 Å². The van der Waals surface area contributed by atoms with E-state index in [2.05, 4.69) is 20.1 Å². The molecule has 2 aromatic heterocycles. The van der Waals surface area contributed by atoms with Crippen molar-refractivity contribution in [3.8, 4) is 11.3 Å². The fourth-order valence-corrected chi connectivity index (χ4v) is 4.81. The minimum Gasteiger partial charge on any atom is -0.354 e. The molecule has 1 amide bonds. The third kappa shape index (κ3) is 5.65. The van der Waals surface area contributed by atoms with E-state index in [-0.39, 0.29) is 17.6 Å². The quantitative estimate of drug-likeness (QED) is 0.485. The van der Waals surface area contributed by atoms with Crippen LogP contribution < -0.4 is 9.80 Å². The zero-order valence-corrected chi connectivity index (χ0v) is 20.0. The molecule has 1 atom stereocenters. The SMILES string of the molecule is O=C(C1CCCN(c2ccc(-c3ccc(F)cc3)nn2)C1)N1CCN(c2ccc(C(F)(F)F)cn2)CC1. The van der Waals surface area contributed by atoms with Crippen LogP contribution in [0.15, 0.2) is 54.7 Å². The molecule has 1 aromatic carbocycles. The summed E-state index contributed by atoms with van der Waals surface area (Å²) in [6, 6.07) is 12.2. The molecule has 3 aromatic rings. The number of hydrogen-bond acceptors (Lipinski definition) is 6. The van der Waals surface area contributed by atoms with Gasteiger partial charge in [0, 0.05) is 51.0 Å². The summed E-state index contributed by atoms with van der Waals surface area (Å²) in [7, 11) is 0. The average Bonchev–Trinajstić information content (AvgIpc) is 2.93. The zero-order chi connectivity index (χ0) is 26.0. The highest BCUT2D eigenvalue weighted by molar-refractivity contribution is 5.80. The Morgan fingerprint density at radius 1 is 0.838 bits per heavy atom. The molecule has 0 N–H and O–H groups in total. The van der Waals surface area contributed by atoms with Gasteiger partial charge in [-0.05, 0) is 61.4 Å². The summed E-state index contributed by atoms with van der Waals surface area (Å²) in [6.07, 6.45) is -1.93. The van der Waals surface area contributed by atoms with Gasteiger partial charge in [0.1, 0.15) is 11.6 Å². The van der Waals surface area contributed by atoms with Gasteiger partial charge in [-0.3, -0.25) is 4.79 Å². The van der Waals surface area contributed by atoms with Crippen molar-refractivity contribution in [1.29, 1.82) is 0 Å². The van der Waals surface area contributed by atoms with Crippen molar-refractivity contribution < 1.29 is 22.4 Å². The maximum absolute atomic E-state index is 13.3. The largest absolute Gasteiger partial charge is 0.417 e. The lowest BCUT2D eigenvalue weighted by molar-refractivity contribution is -0.138. The lowest BCUT2D eigenvalue weighted by Gasteiger charge is -2.39. The standard InChI is InChI=1S/C26H26F4N6O/c27-21-6-3-18(4-7-21)22-8-10-24(33-32-22)36-11-1-2-19(17-36)25(37)35-14-12-34(13-15-35)23-9-5-20(16-31-23)26(28,29)30/h3-10,16,19H,1-2,11-15,17H2. The summed E-state index contributed by atoms with van der Waals surface area (Å²) in [4.78, 5) is 23.0. The fraction of sp³-hybridized carbons (Fsp3) is 0.385. The first kappa shape index (κ1) is 24.9. The van der Waals surface area contributed by atoms with Crippen molar-refractivity contribution in [2.24, 2.45) is 5.92 Å². The highest BCUT2D eigenvalue weighted by atomic mass is 19.4. The minimum atomic E-state index is -4.42. The Morgan fingerprint density at radius 2 is 1.57 bits per heavy atom. The Balaban J connectivity index is 1.17. The van der Waals surface area contributed by atoms with E-state index >= 15 is 0 Å². The van der Waals surface area contributed by atoms with Crippen molar-refractivity contribution >= 4 is 17.5 Å². The van der Waals surface area contributed by atoms with Gasteiger partial charge < -0.3 is 14.7 Å². The van der Waals surface area contributed by atoms with E-state index in [0.29, 0.717) is 50.1 Å². The van der Waals surface area contributed by atoms with E-state index in [1.807, 2.05) is 21.9 Å². The van der Waals surface area contributed by atoms with Crippen LogP contribution in [-0.2, 0) is 11.0 Å². The monoisotopic (exact) mass is 514 g/mol. The molecule has 7 nitrogen and oxygen atoms in total. The van der Waals surface area contributed by atoms with Crippen molar-refractivity contribution in [3.05, 3.63) is 66.1 Å². The summed E-state index contributed by atoms with van der Waals surface area (Å²) in [6.45, 7) is 3.33. The second-order valence-corrected chi connectivity index (χ2v) is 9.28. The van der Waals surface area contributed by atoms with Gasteiger partial charge in [0.25, 0.3) is 0 Å². The highest BCUT2D eigenvalue weighted by Crippen LogP contribution is 2.30. The molecule has 194 valence electrons. The molecule has 0 bridgehead atoms. The molecule has 2 aliphatic rings. The van der Waals surface area contributed by atoms with Gasteiger partial charge in [-0.15, -0.1) is 10.2 Å². The molecule has 0 saturated carbocycles. The lowest BCUT2D eigenvalue weighted by Crippen LogP contribution is -2.52. The molecule has 0 aliphatic carbocycles. The van der Waals surface area contributed by atoms with E-state index < -0.39 is 11.7 Å². The molecule has 2 saturated heterocycles. The molecular weight excluding hydrogens is 488 g/mol. The summed E-state index contributed by atoms with van der Waals surface area (Å²) in [5.41, 5.74) is 0.647. The number of aromatic nitrogens is 3. The summed E-state index contributed by atoms with van der Waals surface area (Å²) < 4.78 is 51.6. The van der Waals surface area contributed by atoms with Crippen molar-refractivity contribution in [1.82, 2.24) is 20.1 Å². The summed E-state index contributed by atoms with van der Waals surface area (Å²) in [5.74, 6) is 0.784. The zero-order valence-electron chi connectivity index (χ0n) is 20.0. The van der Waals surface area contributed by atoms with Crippen LogP contribution in [0, 0.1) is 11.7 Å². The molecule has 4 heterocycles. The van der Waals surface area contributed by atoms with E-state index in [1.54, 1.807) is 12.1 Å². The van der Waals surface area contributed by atoms with Gasteiger partial charge >= 0.3 is 6.18 Å². The maximum Gasteiger partial charge on any atom is 0.417 e. The fourth-order valence-electron chi connectivity index (χ4n) is 4.81. The minimum absolute atomic E-state index is 0.0839. The molecule has 5 rings (SSSR count). The predicted octanol–water partition coefficient (Wildman–Crippen LogP) is 4.26. The van der Waals surface area contributed by atoms with E-state index in [9.17, 15) is 22.4 Å². The Kier molecular flexibility index (Phi) is 6.94. The molecular formula is C26H26F4N6O. The number of piperidine rings is 1. The number of halogens is 4. The lowest BCUT2D eigenvalue weighted by atomic mass is 9.96. The molecule has 11 heteroatoms. The Bertz CT molecular complexity index is 1210. The van der Waals surface area contributed by atoms with Crippen molar-refractivity contribution in [3.63, 3.8) is 0 Å². The predicted molar refractivity (Wildman–Crippen MR) is 130 cm³/mol. The van der Waals surface area contributed by atoms with Crippen molar-refractivity contribution in [2.75, 3.05) is 49.1 Å². The number of carbonyl (C=O) groups excluding carboxylic acids is 1. The van der Waals surface area contributed by atoms with Crippen LogP contribution in [0.3, 0.4) is 0 Å².